The van der Waals surface area contributed by atoms with Crippen molar-refractivity contribution < 1.29 is 0 Å². The van der Waals surface area contributed by atoms with Gasteiger partial charge in [-0.05, 0) is 60.6 Å². The van der Waals surface area contributed by atoms with E-state index in [0.29, 0.717) is 11.5 Å². The molecular formula is C17H25N. The Hall–Kier alpha value is -0.820. The van der Waals surface area contributed by atoms with Crippen LogP contribution in [0.15, 0.2) is 18.2 Å². The van der Waals surface area contributed by atoms with Gasteiger partial charge in [-0.25, -0.2) is 0 Å². The maximum absolute atomic E-state index is 3.62. The zero-order chi connectivity index (χ0) is 12.6. The van der Waals surface area contributed by atoms with Crippen molar-refractivity contribution >= 4 is 0 Å². The summed E-state index contributed by atoms with van der Waals surface area (Å²) in [5, 5.41) is 3.62. The highest BCUT2D eigenvalue weighted by Gasteiger charge is 2.42. The lowest BCUT2D eigenvalue weighted by molar-refractivity contribution is 0.429. The second-order valence-corrected chi connectivity index (χ2v) is 6.67. The van der Waals surface area contributed by atoms with E-state index in [2.05, 4.69) is 37.4 Å². The molecule has 0 bridgehead atoms. The molecule has 2 aliphatic carbocycles. The highest BCUT2D eigenvalue weighted by Crippen LogP contribution is 2.48. The fourth-order valence-electron chi connectivity index (χ4n) is 3.18. The number of aryl methyl sites for hydroxylation is 2. The molecule has 0 aliphatic heterocycles. The van der Waals surface area contributed by atoms with Crippen LogP contribution in [0.1, 0.15) is 49.8 Å². The van der Waals surface area contributed by atoms with Crippen molar-refractivity contribution in [2.24, 2.45) is 5.41 Å². The van der Waals surface area contributed by atoms with Crippen molar-refractivity contribution in [2.75, 3.05) is 6.54 Å². The summed E-state index contributed by atoms with van der Waals surface area (Å²) in [6.07, 6.45) is 8.06. The molecule has 1 aromatic carbocycles. The first-order chi connectivity index (χ1) is 8.67. The summed E-state index contributed by atoms with van der Waals surface area (Å²) in [5.41, 5.74) is 5.37. The fourth-order valence-corrected chi connectivity index (χ4v) is 3.18. The van der Waals surface area contributed by atoms with Crippen LogP contribution in [0.4, 0.5) is 0 Å². The van der Waals surface area contributed by atoms with Gasteiger partial charge in [0.2, 0.25) is 0 Å². The zero-order valence-corrected chi connectivity index (χ0v) is 11.8. The number of hydrogen-bond donors (Lipinski definition) is 1. The van der Waals surface area contributed by atoms with E-state index < -0.39 is 0 Å². The lowest BCUT2D eigenvalue weighted by Crippen LogP contribution is -2.31. The predicted molar refractivity (Wildman–Crippen MR) is 77.0 cm³/mol. The minimum absolute atomic E-state index is 0.580. The Balaban J connectivity index is 1.65. The quantitative estimate of drug-likeness (QED) is 0.834. The molecule has 1 aromatic rings. The van der Waals surface area contributed by atoms with Crippen molar-refractivity contribution in [1.82, 2.24) is 5.32 Å². The van der Waals surface area contributed by atoms with Crippen LogP contribution >= 0.6 is 0 Å². The van der Waals surface area contributed by atoms with Crippen molar-refractivity contribution in [3.63, 3.8) is 0 Å². The van der Waals surface area contributed by atoms with E-state index in [9.17, 15) is 0 Å². The van der Waals surface area contributed by atoms with E-state index in [1.165, 1.54) is 45.1 Å². The summed E-state index contributed by atoms with van der Waals surface area (Å²) in [5.74, 6) is 0. The van der Waals surface area contributed by atoms with E-state index in [0.717, 1.165) is 0 Å². The molecule has 1 saturated carbocycles. The molecule has 1 heteroatoms. The summed E-state index contributed by atoms with van der Waals surface area (Å²) in [6, 6.07) is 7.85. The zero-order valence-electron chi connectivity index (χ0n) is 11.8. The summed E-state index contributed by atoms with van der Waals surface area (Å²) in [7, 11) is 0. The molecule has 18 heavy (non-hydrogen) atoms. The summed E-state index contributed by atoms with van der Waals surface area (Å²) < 4.78 is 0. The highest BCUT2D eigenvalue weighted by molar-refractivity contribution is 5.36. The Morgan fingerprint density at radius 2 is 1.94 bits per heavy atom. The van der Waals surface area contributed by atoms with Gasteiger partial charge >= 0.3 is 0 Å². The molecule has 0 saturated heterocycles. The van der Waals surface area contributed by atoms with Gasteiger partial charge < -0.3 is 5.32 Å². The molecule has 0 radical (unpaired) electrons. The third-order valence-corrected chi connectivity index (χ3v) is 4.58. The largest absolute Gasteiger partial charge is 0.314 e. The Kier molecular flexibility index (Phi) is 3.19. The Morgan fingerprint density at radius 3 is 2.67 bits per heavy atom. The first kappa shape index (κ1) is 12.2. The minimum Gasteiger partial charge on any atom is -0.314 e. The molecular weight excluding hydrogens is 218 g/mol. The first-order valence-electron chi connectivity index (χ1n) is 7.51. The molecule has 98 valence electrons. The van der Waals surface area contributed by atoms with Gasteiger partial charge in [-0.1, -0.05) is 32.0 Å². The third-order valence-electron chi connectivity index (χ3n) is 4.58. The minimum atomic E-state index is 0.580. The molecule has 0 atom stereocenters. The number of hydrogen-bond acceptors (Lipinski definition) is 1. The average Bonchev–Trinajstić information content (AvgIpc) is 2.94. The van der Waals surface area contributed by atoms with Crippen molar-refractivity contribution in [2.45, 2.75) is 58.4 Å². The van der Waals surface area contributed by atoms with Gasteiger partial charge in [0.05, 0.1) is 0 Å². The van der Waals surface area contributed by atoms with Crippen LogP contribution < -0.4 is 5.32 Å². The van der Waals surface area contributed by atoms with Crippen LogP contribution in [-0.2, 0) is 19.3 Å². The molecule has 1 fully saturated rings. The molecule has 3 rings (SSSR count). The lowest BCUT2D eigenvalue weighted by Gasteiger charge is -2.18. The SMILES string of the molecule is CC(C)NCC1(Cc2ccc3c(c2)CCC3)CC1. The lowest BCUT2D eigenvalue weighted by atomic mass is 9.94. The highest BCUT2D eigenvalue weighted by atomic mass is 14.9. The second kappa shape index (κ2) is 4.70. The van der Waals surface area contributed by atoms with Crippen LogP contribution in [0.3, 0.4) is 0 Å². The maximum Gasteiger partial charge on any atom is 0.00134 e. The third kappa shape index (κ3) is 2.61. The van der Waals surface area contributed by atoms with E-state index in [1.807, 2.05) is 0 Å². The molecule has 0 amide bonds. The monoisotopic (exact) mass is 243 g/mol. The van der Waals surface area contributed by atoms with Gasteiger partial charge in [0.1, 0.15) is 0 Å². The summed E-state index contributed by atoms with van der Waals surface area (Å²) in [6.45, 7) is 5.68. The van der Waals surface area contributed by atoms with Crippen LogP contribution in [-0.4, -0.2) is 12.6 Å². The van der Waals surface area contributed by atoms with E-state index in [4.69, 9.17) is 0 Å². The number of nitrogens with one attached hydrogen (secondary N) is 1. The first-order valence-corrected chi connectivity index (χ1v) is 7.51. The van der Waals surface area contributed by atoms with Crippen molar-refractivity contribution in [3.05, 3.63) is 34.9 Å². The summed E-state index contributed by atoms with van der Waals surface area (Å²) in [4.78, 5) is 0. The normalized spacial score (nSPS) is 20.2. The standard InChI is InChI=1S/C17H25N/c1-13(2)18-12-17(8-9-17)11-14-6-7-15-4-3-5-16(15)10-14/h6-7,10,13,18H,3-5,8-9,11-12H2,1-2H3. The fraction of sp³-hybridized carbons (Fsp3) is 0.647. The molecule has 1 N–H and O–H groups in total. The maximum atomic E-state index is 3.62. The van der Waals surface area contributed by atoms with Gasteiger partial charge in [0, 0.05) is 12.6 Å². The Labute approximate surface area is 111 Å². The van der Waals surface area contributed by atoms with Crippen LogP contribution in [0.5, 0.6) is 0 Å². The Morgan fingerprint density at radius 1 is 1.17 bits per heavy atom. The molecule has 0 heterocycles. The molecule has 0 aromatic heterocycles. The molecule has 1 nitrogen and oxygen atoms in total. The van der Waals surface area contributed by atoms with Crippen LogP contribution in [0.2, 0.25) is 0 Å². The van der Waals surface area contributed by atoms with Gasteiger partial charge in [-0.15, -0.1) is 0 Å². The average molecular weight is 243 g/mol. The molecule has 0 spiro atoms. The van der Waals surface area contributed by atoms with Gasteiger partial charge in [0.15, 0.2) is 0 Å². The predicted octanol–water partition coefficient (Wildman–Crippen LogP) is 3.50. The van der Waals surface area contributed by atoms with E-state index in [1.54, 1.807) is 16.7 Å². The Bertz CT molecular complexity index is 429. The van der Waals surface area contributed by atoms with Crippen molar-refractivity contribution in [3.8, 4) is 0 Å². The smallest absolute Gasteiger partial charge is 0.00134 e. The number of benzene rings is 1. The molecule has 2 aliphatic rings. The van der Waals surface area contributed by atoms with Gasteiger partial charge in [0.25, 0.3) is 0 Å². The number of rotatable bonds is 5. The van der Waals surface area contributed by atoms with Gasteiger partial charge in [-0.3, -0.25) is 0 Å². The van der Waals surface area contributed by atoms with E-state index >= 15 is 0 Å². The second-order valence-electron chi connectivity index (χ2n) is 6.67. The van der Waals surface area contributed by atoms with Crippen LogP contribution in [0, 0.1) is 5.41 Å². The molecule has 0 unspecified atom stereocenters. The van der Waals surface area contributed by atoms with Crippen molar-refractivity contribution in [1.29, 1.82) is 0 Å². The van der Waals surface area contributed by atoms with Gasteiger partial charge in [-0.2, -0.15) is 0 Å². The topological polar surface area (TPSA) is 12.0 Å². The van der Waals surface area contributed by atoms with E-state index in [-0.39, 0.29) is 0 Å². The summed E-state index contributed by atoms with van der Waals surface area (Å²) >= 11 is 0. The van der Waals surface area contributed by atoms with Crippen LogP contribution in [0.25, 0.3) is 0 Å². The number of fused-ring (bicyclic) bond motifs is 1.